The van der Waals surface area contributed by atoms with Crippen LogP contribution in [0.4, 0.5) is 5.82 Å². The maximum atomic E-state index is 12.1. The normalized spacial score (nSPS) is 15.1. The average molecular weight is 379 g/mol. The lowest BCUT2D eigenvalue weighted by Gasteiger charge is -2.34. The van der Waals surface area contributed by atoms with Crippen LogP contribution in [-0.4, -0.2) is 55.1 Å². The summed E-state index contributed by atoms with van der Waals surface area (Å²) in [6.07, 6.45) is 8.17. The molecule has 1 aromatic carbocycles. The molecule has 1 amide bonds. The Labute approximate surface area is 168 Å². The van der Waals surface area contributed by atoms with Crippen LogP contribution in [-0.2, 0) is 0 Å². The molecule has 28 heavy (non-hydrogen) atoms. The molecule has 5 heteroatoms. The lowest BCUT2D eigenvalue weighted by molar-refractivity contribution is 0.0953. The fourth-order valence-corrected chi connectivity index (χ4v) is 3.25. The molecule has 0 radical (unpaired) electrons. The van der Waals surface area contributed by atoms with Crippen LogP contribution in [0.15, 0.2) is 54.7 Å². The molecule has 5 nitrogen and oxygen atoms in total. The molecule has 148 valence electrons. The summed E-state index contributed by atoms with van der Waals surface area (Å²) >= 11 is 0. The summed E-state index contributed by atoms with van der Waals surface area (Å²) in [5, 5.41) is 2.93. The second-order valence-corrected chi connectivity index (χ2v) is 7.12. The van der Waals surface area contributed by atoms with Gasteiger partial charge in [-0.2, -0.15) is 0 Å². The van der Waals surface area contributed by atoms with E-state index in [2.05, 4.69) is 63.4 Å². The molecule has 1 N–H and O–H groups in total. The molecule has 0 spiro atoms. The van der Waals surface area contributed by atoms with Crippen molar-refractivity contribution in [2.45, 2.75) is 19.8 Å². The third kappa shape index (κ3) is 5.92. The van der Waals surface area contributed by atoms with Crippen molar-refractivity contribution >= 4 is 17.8 Å². The number of pyridine rings is 1. The number of anilines is 1. The van der Waals surface area contributed by atoms with Gasteiger partial charge in [-0.15, -0.1) is 0 Å². The maximum Gasteiger partial charge on any atom is 0.252 e. The molecule has 0 aliphatic carbocycles. The number of benzene rings is 1. The molecule has 1 fully saturated rings. The lowest BCUT2D eigenvalue weighted by atomic mass is 10.2. The molecule has 0 saturated carbocycles. The summed E-state index contributed by atoms with van der Waals surface area (Å²) in [5.41, 5.74) is 1.87. The second-order valence-electron chi connectivity index (χ2n) is 7.12. The van der Waals surface area contributed by atoms with Gasteiger partial charge >= 0.3 is 0 Å². The Hall–Kier alpha value is -2.66. The highest BCUT2D eigenvalue weighted by atomic mass is 16.1. The molecular weight excluding hydrogens is 348 g/mol. The predicted molar refractivity (Wildman–Crippen MR) is 116 cm³/mol. The smallest absolute Gasteiger partial charge is 0.252 e. The standard InChI is InChI=1S/C23H30N4O/c1-2-3-13-24-23(28)21-11-12-22(25-19-21)27-17-15-26(16-18-27)14-7-10-20-8-5-4-6-9-20/h4-12,19H,2-3,13-18H2,1H3,(H,24,28)/b10-7+. The number of hydrogen-bond acceptors (Lipinski definition) is 4. The molecule has 3 rings (SSSR count). The van der Waals surface area contributed by atoms with E-state index in [1.165, 1.54) is 5.56 Å². The first kappa shape index (κ1) is 20.1. The SMILES string of the molecule is CCCCNC(=O)c1ccc(N2CCN(C/C=C/c3ccccc3)CC2)nc1. The number of aromatic nitrogens is 1. The largest absolute Gasteiger partial charge is 0.354 e. The van der Waals surface area contributed by atoms with Crippen LogP contribution in [0.2, 0.25) is 0 Å². The van der Waals surface area contributed by atoms with Gasteiger partial charge in [-0.3, -0.25) is 9.69 Å². The van der Waals surface area contributed by atoms with Gasteiger partial charge in [-0.05, 0) is 24.1 Å². The highest BCUT2D eigenvalue weighted by Crippen LogP contribution is 2.14. The molecule has 1 saturated heterocycles. The van der Waals surface area contributed by atoms with Gasteiger partial charge in [0.15, 0.2) is 0 Å². The van der Waals surface area contributed by atoms with Gasteiger partial charge in [0.2, 0.25) is 0 Å². The average Bonchev–Trinajstić information content (AvgIpc) is 2.75. The minimum absolute atomic E-state index is 0.0393. The van der Waals surface area contributed by atoms with Gasteiger partial charge in [0.05, 0.1) is 5.56 Å². The Kier molecular flexibility index (Phi) is 7.62. The zero-order chi connectivity index (χ0) is 19.6. The van der Waals surface area contributed by atoms with Crippen molar-refractivity contribution in [2.75, 3.05) is 44.2 Å². The van der Waals surface area contributed by atoms with E-state index in [0.29, 0.717) is 5.56 Å². The summed E-state index contributed by atoms with van der Waals surface area (Å²) in [7, 11) is 0. The third-order valence-electron chi connectivity index (χ3n) is 5.00. The Morgan fingerprint density at radius 1 is 1.11 bits per heavy atom. The quantitative estimate of drug-likeness (QED) is 0.715. The van der Waals surface area contributed by atoms with Gasteiger partial charge in [0.25, 0.3) is 5.91 Å². The number of piperazine rings is 1. The van der Waals surface area contributed by atoms with E-state index in [9.17, 15) is 4.79 Å². The zero-order valence-corrected chi connectivity index (χ0v) is 16.7. The van der Waals surface area contributed by atoms with Crippen molar-refractivity contribution in [3.8, 4) is 0 Å². The van der Waals surface area contributed by atoms with Crippen LogP contribution in [0.3, 0.4) is 0 Å². The van der Waals surface area contributed by atoms with Crippen LogP contribution < -0.4 is 10.2 Å². The van der Waals surface area contributed by atoms with Crippen LogP contribution in [0, 0.1) is 0 Å². The van der Waals surface area contributed by atoms with E-state index in [4.69, 9.17) is 0 Å². The van der Waals surface area contributed by atoms with Crippen LogP contribution >= 0.6 is 0 Å². The van der Waals surface area contributed by atoms with E-state index in [0.717, 1.165) is 57.9 Å². The van der Waals surface area contributed by atoms with Crippen molar-refractivity contribution < 1.29 is 4.79 Å². The van der Waals surface area contributed by atoms with Crippen LogP contribution in [0.5, 0.6) is 0 Å². The van der Waals surface area contributed by atoms with Crippen molar-refractivity contribution in [3.63, 3.8) is 0 Å². The van der Waals surface area contributed by atoms with Crippen molar-refractivity contribution in [1.29, 1.82) is 0 Å². The summed E-state index contributed by atoms with van der Waals surface area (Å²) in [6.45, 7) is 7.73. The van der Waals surface area contributed by atoms with Crippen molar-refractivity contribution in [3.05, 3.63) is 65.9 Å². The molecule has 1 aliphatic heterocycles. The van der Waals surface area contributed by atoms with Crippen molar-refractivity contribution in [1.82, 2.24) is 15.2 Å². The van der Waals surface area contributed by atoms with Crippen LogP contribution in [0.1, 0.15) is 35.7 Å². The lowest BCUT2D eigenvalue weighted by Crippen LogP contribution is -2.46. The first-order valence-electron chi connectivity index (χ1n) is 10.2. The molecule has 0 unspecified atom stereocenters. The summed E-state index contributed by atoms with van der Waals surface area (Å²) in [6, 6.07) is 14.2. The van der Waals surface area contributed by atoms with Gasteiger partial charge in [-0.25, -0.2) is 4.98 Å². The van der Waals surface area contributed by atoms with Gasteiger partial charge in [0, 0.05) is 45.5 Å². The number of hydrogen-bond donors (Lipinski definition) is 1. The third-order valence-corrected chi connectivity index (χ3v) is 5.00. The molecular formula is C23H30N4O. The van der Waals surface area contributed by atoms with E-state index in [1.54, 1.807) is 6.20 Å². The highest BCUT2D eigenvalue weighted by Gasteiger charge is 2.17. The summed E-state index contributed by atoms with van der Waals surface area (Å²) < 4.78 is 0. The Bertz CT molecular complexity index is 750. The van der Waals surface area contributed by atoms with Gasteiger partial charge < -0.3 is 10.2 Å². The fraction of sp³-hybridized carbons (Fsp3) is 0.391. The summed E-state index contributed by atoms with van der Waals surface area (Å²) in [4.78, 5) is 21.3. The first-order valence-corrected chi connectivity index (χ1v) is 10.2. The summed E-state index contributed by atoms with van der Waals surface area (Å²) in [5.74, 6) is 0.909. The monoisotopic (exact) mass is 378 g/mol. The molecule has 1 aromatic heterocycles. The van der Waals surface area contributed by atoms with E-state index >= 15 is 0 Å². The predicted octanol–water partition coefficient (Wildman–Crippen LogP) is 3.45. The second kappa shape index (κ2) is 10.6. The van der Waals surface area contributed by atoms with Gasteiger partial charge in [0.1, 0.15) is 5.82 Å². The zero-order valence-electron chi connectivity index (χ0n) is 16.7. The van der Waals surface area contributed by atoms with Crippen LogP contribution in [0.25, 0.3) is 6.08 Å². The topological polar surface area (TPSA) is 48.5 Å². The maximum absolute atomic E-state index is 12.1. The molecule has 0 bridgehead atoms. The minimum Gasteiger partial charge on any atom is -0.354 e. The fourth-order valence-electron chi connectivity index (χ4n) is 3.25. The molecule has 0 atom stereocenters. The first-order chi connectivity index (χ1) is 13.8. The Morgan fingerprint density at radius 2 is 1.89 bits per heavy atom. The van der Waals surface area contributed by atoms with E-state index < -0.39 is 0 Å². The van der Waals surface area contributed by atoms with E-state index in [-0.39, 0.29) is 5.91 Å². The minimum atomic E-state index is -0.0393. The molecule has 2 aromatic rings. The number of rotatable bonds is 8. The molecule has 2 heterocycles. The number of carbonyl (C=O) groups is 1. The molecule has 1 aliphatic rings. The number of amides is 1. The van der Waals surface area contributed by atoms with E-state index in [1.807, 2.05) is 18.2 Å². The van der Waals surface area contributed by atoms with Gasteiger partial charge in [-0.1, -0.05) is 55.8 Å². The Balaban J connectivity index is 1.44. The number of unbranched alkanes of at least 4 members (excludes halogenated alkanes) is 1. The number of carbonyl (C=O) groups excluding carboxylic acids is 1. The number of nitrogens with zero attached hydrogens (tertiary/aromatic N) is 3. The van der Waals surface area contributed by atoms with Crippen molar-refractivity contribution in [2.24, 2.45) is 0 Å². The Morgan fingerprint density at radius 3 is 2.57 bits per heavy atom. The number of nitrogens with one attached hydrogen (secondary N) is 1. The highest BCUT2D eigenvalue weighted by molar-refractivity contribution is 5.94.